The predicted molar refractivity (Wildman–Crippen MR) is 107 cm³/mol. The van der Waals surface area contributed by atoms with E-state index >= 15 is 0 Å². The predicted octanol–water partition coefficient (Wildman–Crippen LogP) is 3.24. The largest absolute Gasteiger partial charge is 0.349 e. The van der Waals surface area contributed by atoms with Gasteiger partial charge in [-0.25, -0.2) is 15.2 Å². The lowest BCUT2D eigenvalue weighted by molar-refractivity contribution is 0.0880. The van der Waals surface area contributed by atoms with Gasteiger partial charge in [0.25, 0.3) is 5.91 Å². The van der Waals surface area contributed by atoms with Gasteiger partial charge in [0.15, 0.2) is 0 Å². The van der Waals surface area contributed by atoms with Crippen LogP contribution in [-0.4, -0.2) is 36.1 Å². The molecule has 2 aliphatic heterocycles. The highest BCUT2D eigenvalue weighted by Crippen LogP contribution is 2.25. The van der Waals surface area contributed by atoms with E-state index in [1.165, 1.54) is 23.8 Å². The van der Waals surface area contributed by atoms with Gasteiger partial charge in [0, 0.05) is 25.2 Å². The molecule has 28 heavy (non-hydrogen) atoms. The molecule has 2 aliphatic rings. The fraction of sp³-hybridized carbons (Fsp3) is 0.381. The van der Waals surface area contributed by atoms with Gasteiger partial charge in [0.2, 0.25) is 0 Å². The molecule has 148 valence electrons. The first-order valence-electron chi connectivity index (χ1n) is 9.66. The van der Waals surface area contributed by atoms with Crippen LogP contribution < -0.4 is 16.2 Å². The lowest BCUT2D eigenvalue weighted by Crippen LogP contribution is -2.51. The number of rotatable bonds is 4. The fourth-order valence-electron chi connectivity index (χ4n) is 3.98. The van der Waals surface area contributed by atoms with E-state index in [1.54, 1.807) is 0 Å². The maximum absolute atomic E-state index is 13.2. The van der Waals surface area contributed by atoms with Crippen LogP contribution in [0, 0.1) is 5.82 Å². The molecule has 3 N–H and O–H groups in total. The van der Waals surface area contributed by atoms with E-state index < -0.39 is 5.82 Å². The van der Waals surface area contributed by atoms with E-state index in [2.05, 4.69) is 45.3 Å². The third-order valence-electron chi connectivity index (χ3n) is 5.57. The average Bonchev–Trinajstić information content (AvgIpc) is 3.19. The molecule has 2 aromatic carbocycles. The molecule has 0 aliphatic carbocycles. The lowest BCUT2D eigenvalue weighted by atomic mass is 10.0. The third kappa shape index (κ3) is 4.36. The average molecular weight is 403 g/mol. The molecule has 2 unspecified atom stereocenters. The van der Waals surface area contributed by atoms with E-state index in [9.17, 15) is 9.18 Å². The van der Waals surface area contributed by atoms with Crippen LogP contribution >= 0.6 is 11.6 Å². The van der Waals surface area contributed by atoms with Gasteiger partial charge in [0.1, 0.15) is 5.82 Å². The van der Waals surface area contributed by atoms with Gasteiger partial charge in [-0.3, -0.25) is 9.69 Å². The molecule has 7 heteroatoms. The van der Waals surface area contributed by atoms with Crippen LogP contribution in [0.15, 0.2) is 48.5 Å². The van der Waals surface area contributed by atoms with Crippen molar-refractivity contribution < 1.29 is 9.18 Å². The first kappa shape index (κ1) is 19.3. The molecule has 1 amide bonds. The molecule has 0 aromatic heterocycles. The number of nitrogens with zero attached hydrogens (tertiary/aromatic N) is 1. The number of hydrazine groups is 1. The van der Waals surface area contributed by atoms with Gasteiger partial charge in [-0.05, 0) is 43.0 Å². The van der Waals surface area contributed by atoms with E-state index in [0.717, 1.165) is 32.4 Å². The Bertz CT molecular complexity index is 826. The van der Waals surface area contributed by atoms with Gasteiger partial charge < -0.3 is 5.32 Å². The summed E-state index contributed by atoms with van der Waals surface area (Å²) in [5.41, 5.74) is 8.40. The Balaban J connectivity index is 1.27. The number of amides is 1. The van der Waals surface area contributed by atoms with Crippen LogP contribution in [0.4, 0.5) is 4.39 Å². The Hall–Kier alpha value is -1.99. The fourth-order valence-corrected chi connectivity index (χ4v) is 4.23. The quantitative estimate of drug-likeness (QED) is 0.735. The zero-order valence-corrected chi connectivity index (χ0v) is 16.3. The summed E-state index contributed by atoms with van der Waals surface area (Å²) in [6.07, 6.45) is 3.04. The zero-order valence-electron chi connectivity index (χ0n) is 15.5. The Morgan fingerprint density at radius 1 is 1.11 bits per heavy atom. The van der Waals surface area contributed by atoms with E-state index in [-0.39, 0.29) is 23.1 Å². The van der Waals surface area contributed by atoms with Gasteiger partial charge in [-0.1, -0.05) is 41.9 Å². The number of piperidine rings is 1. The van der Waals surface area contributed by atoms with Gasteiger partial charge in [-0.15, -0.1) is 0 Å². The van der Waals surface area contributed by atoms with Crippen molar-refractivity contribution in [1.82, 2.24) is 21.1 Å². The smallest absolute Gasteiger partial charge is 0.253 e. The van der Waals surface area contributed by atoms with Crippen molar-refractivity contribution in [2.24, 2.45) is 0 Å². The third-order valence-corrected chi connectivity index (χ3v) is 5.88. The first-order valence-corrected chi connectivity index (χ1v) is 10.0. The summed E-state index contributed by atoms with van der Waals surface area (Å²) < 4.78 is 13.2. The van der Waals surface area contributed by atoms with Crippen LogP contribution in [0.2, 0.25) is 5.02 Å². The highest BCUT2D eigenvalue weighted by Gasteiger charge is 2.32. The zero-order chi connectivity index (χ0) is 19.5. The van der Waals surface area contributed by atoms with Gasteiger partial charge in [-0.2, -0.15) is 0 Å². The summed E-state index contributed by atoms with van der Waals surface area (Å²) in [7, 11) is 0. The maximum atomic E-state index is 13.2. The van der Waals surface area contributed by atoms with Crippen LogP contribution in [0.25, 0.3) is 0 Å². The highest BCUT2D eigenvalue weighted by atomic mass is 35.5. The number of hydrogen-bond acceptors (Lipinski definition) is 4. The second kappa shape index (κ2) is 8.57. The number of benzene rings is 2. The molecule has 0 radical (unpaired) electrons. The van der Waals surface area contributed by atoms with Crippen LogP contribution in [0.5, 0.6) is 0 Å². The second-order valence-electron chi connectivity index (χ2n) is 7.41. The van der Waals surface area contributed by atoms with Crippen LogP contribution in [-0.2, 0) is 0 Å². The summed E-state index contributed by atoms with van der Waals surface area (Å²) in [6, 6.07) is 14.7. The normalized spacial score (nSPS) is 23.6. The summed E-state index contributed by atoms with van der Waals surface area (Å²) in [6.45, 7) is 1.81. The van der Waals surface area contributed by atoms with Crippen LogP contribution in [0.3, 0.4) is 0 Å². The minimum absolute atomic E-state index is 0.101. The van der Waals surface area contributed by atoms with E-state index in [1.807, 2.05) is 6.07 Å². The molecule has 0 spiro atoms. The van der Waals surface area contributed by atoms with Crippen molar-refractivity contribution in [3.63, 3.8) is 0 Å². The molecule has 0 saturated carbocycles. The number of carbonyl (C=O) groups is 1. The molecule has 2 heterocycles. The number of likely N-dealkylation sites (tertiary alicyclic amines) is 1. The second-order valence-corrected chi connectivity index (χ2v) is 7.82. The Morgan fingerprint density at radius 3 is 2.57 bits per heavy atom. The molecule has 2 atom stereocenters. The summed E-state index contributed by atoms with van der Waals surface area (Å²) in [4.78, 5) is 14.8. The van der Waals surface area contributed by atoms with Crippen molar-refractivity contribution in [3.05, 3.63) is 70.5 Å². The molecule has 5 nitrogen and oxygen atoms in total. The van der Waals surface area contributed by atoms with Crippen molar-refractivity contribution in [1.29, 1.82) is 0 Å². The molecular weight excluding hydrogens is 379 g/mol. The molecule has 0 bridgehead atoms. The summed E-state index contributed by atoms with van der Waals surface area (Å²) in [5.74, 6) is -0.686. The number of nitrogens with one attached hydrogen (secondary N) is 3. The number of halogens is 2. The van der Waals surface area contributed by atoms with Crippen molar-refractivity contribution in [2.45, 2.75) is 37.5 Å². The lowest BCUT2D eigenvalue weighted by Gasteiger charge is -2.35. The molecular formula is C21H24ClFN4O. The standard InChI is InChI=1S/C21H24ClFN4O/c22-18-12-15(23)6-7-17(18)21(28)24-16-8-10-27(11-9-16)20-13-19(25-26-20)14-4-2-1-3-5-14/h1-7,12,16,19-20,25-26H,8-11,13H2,(H,24,28). The van der Waals surface area contributed by atoms with Crippen molar-refractivity contribution in [3.8, 4) is 0 Å². The van der Waals surface area contributed by atoms with Crippen LogP contribution in [0.1, 0.15) is 41.2 Å². The summed E-state index contributed by atoms with van der Waals surface area (Å²) >= 11 is 5.99. The van der Waals surface area contributed by atoms with Crippen molar-refractivity contribution >= 4 is 17.5 Å². The number of carbonyl (C=O) groups excluding carboxylic acids is 1. The maximum Gasteiger partial charge on any atom is 0.253 e. The highest BCUT2D eigenvalue weighted by molar-refractivity contribution is 6.33. The molecule has 2 fully saturated rings. The summed E-state index contributed by atoms with van der Waals surface area (Å²) in [5, 5.41) is 3.17. The molecule has 2 aromatic rings. The minimum atomic E-state index is -0.443. The van der Waals surface area contributed by atoms with Crippen molar-refractivity contribution in [2.75, 3.05) is 13.1 Å². The molecule has 4 rings (SSSR count). The topological polar surface area (TPSA) is 56.4 Å². The van der Waals surface area contributed by atoms with Gasteiger partial charge in [0.05, 0.1) is 16.8 Å². The Morgan fingerprint density at radius 2 is 1.86 bits per heavy atom. The Labute approximate surface area is 169 Å². The first-order chi connectivity index (χ1) is 13.6. The van der Waals surface area contributed by atoms with E-state index in [4.69, 9.17) is 11.6 Å². The Kier molecular flexibility index (Phi) is 5.92. The molecule has 2 saturated heterocycles. The number of hydrogen-bond donors (Lipinski definition) is 3. The SMILES string of the molecule is O=C(NC1CCN(C2CC(c3ccccc3)NN2)CC1)c1ccc(F)cc1Cl. The van der Waals surface area contributed by atoms with Gasteiger partial charge >= 0.3 is 0 Å². The van der Waals surface area contributed by atoms with E-state index in [0.29, 0.717) is 11.6 Å². The minimum Gasteiger partial charge on any atom is -0.349 e. The monoisotopic (exact) mass is 402 g/mol.